The standard InChI is InChI=1S/C12H21IO2/c1-2-11(14)9-7-5-3-4-6-8-10-12(13)15/h2-10H2,1H3. The summed E-state index contributed by atoms with van der Waals surface area (Å²) in [5.41, 5.74) is 0. The minimum Gasteiger partial charge on any atom is -0.300 e. The van der Waals surface area contributed by atoms with Crippen LogP contribution in [-0.4, -0.2) is 9.57 Å². The zero-order valence-electron chi connectivity index (χ0n) is 9.56. The minimum atomic E-state index is 0.265. The number of halogens is 1. The van der Waals surface area contributed by atoms with Gasteiger partial charge in [0.2, 0.25) is 0 Å². The van der Waals surface area contributed by atoms with Gasteiger partial charge in [0.25, 0.3) is 0 Å². The second-order valence-corrected chi connectivity index (χ2v) is 5.07. The van der Waals surface area contributed by atoms with E-state index in [1.165, 1.54) is 12.8 Å². The topological polar surface area (TPSA) is 34.1 Å². The molecular formula is C12H21IO2. The lowest BCUT2D eigenvalue weighted by molar-refractivity contribution is -0.118. The number of ketones is 1. The smallest absolute Gasteiger partial charge is 0.192 e. The third kappa shape index (κ3) is 12.0. The van der Waals surface area contributed by atoms with E-state index in [1.807, 2.05) is 29.5 Å². The van der Waals surface area contributed by atoms with Gasteiger partial charge >= 0.3 is 0 Å². The third-order valence-electron chi connectivity index (χ3n) is 2.47. The Balaban J connectivity index is 3.05. The lowest BCUT2D eigenvalue weighted by atomic mass is 10.1. The molecule has 0 radical (unpaired) electrons. The van der Waals surface area contributed by atoms with Crippen molar-refractivity contribution < 1.29 is 9.59 Å². The molecule has 0 amide bonds. The van der Waals surface area contributed by atoms with Crippen LogP contribution in [0.1, 0.15) is 64.7 Å². The van der Waals surface area contributed by atoms with Gasteiger partial charge in [-0.25, -0.2) is 0 Å². The molecule has 0 atom stereocenters. The molecule has 0 bridgehead atoms. The molecule has 0 fully saturated rings. The van der Waals surface area contributed by atoms with Gasteiger partial charge in [-0.2, -0.15) is 0 Å². The zero-order valence-corrected chi connectivity index (χ0v) is 11.7. The summed E-state index contributed by atoms with van der Waals surface area (Å²) in [6, 6.07) is 0. The van der Waals surface area contributed by atoms with Crippen molar-refractivity contribution in [3.63, 3.8) is 0 Å². The Kier molecular flexibility index (Phi) is 10.6. The van der Waals surface area contributed by atoms with Crippen LogP contribution < -0.4 is 0 Å². The fourth-order valence-corrected chi connectivity index (χ4v) is 1.85. The Labute approximate surface area is 106 Å². The van der Waals surface area contributed by atoms with E-state index in [-0.39, 0.29) is 3.79 Å². The predicted molar refractivity (Wildman–Crippen MR) is 71.3 cm³/mol. The molecule has 0 heterocycles. The Morgan fingerprint density at radius 3 is 1.80 bits per heavy atom. The Morgan fingerprint density at radius 1 is 0.867 bits per heavy atom. The molecule has 3 heteroatoms. The fraction of sp³-hybridized carbons (Fsp3) is 0.833. The first-order valence-corrected chi connectivity index (χ1v) is 6.94. The number of hydrogen-bond acceptors (Lipinski definition) is 2. The van der Waals surface area contributed by atoms with Crippen molar-refractivity contribution in [2.75, 3.05) is 0 Å². The van der Waals surface area contributed by atoms with E-state index in [0.29, 0.717) is 12.2 Å². The molecule has 0 unspecified atom stereocenters. The molecule has 0 N–H and O–H groups in total. The van der Waals surface area contributed by atoms with Crippen molar-refractivity contribution >= 4 is 32.2 Å². The van der Waals surface area contributed by atoms with Gasteiger partial charge in [-0.3, -0.25) is 9.59 Å². The average molecular weight is 324 g/mol. The first kappa shape index (κ1) is 15.1. The molecule has 0 aliphatic heterocycles. The summed E-state index contributed by atoms with van der Waals surface area (Å²) in [6.07, 6.45) is 8.92. The maximum atomic E-state index is 11.0. The van der Waals surface area contributed by atoms with Crippen molar-refractivity contribution in [2.24, 2.45) is 0 Å². The molecule has 2 nitrogen and oxygen atoms in total. The van der Waals surface area contributed by atoms with Crippen LogP contribution in [0.25, 0.3) is 0 Å². The first-order valence-electron chi connectivity index (χ1n) is 5.86. The molecule has 0 spiro atoms. The van der Waals surface area contributed by atoms with E-state index in [0.717, 1.165) is 38.5 Å². The second kappa shape index (κ2) is 10.6. The van der Waals surface area contributed by atoms with Crippen LogP contribution in [0.2, 0.25) is 0 Å². The predicted octanol–water partition coefficient (Wildman–Crippen LogP) is 4.05. The molecule has 0 saturated carbocycles. The van der Waals surface area contributed by atoms with Crippen LogP contribution in [0.4, 0.5) is 0 Å². The van der Waals surface area contributed by atoms with Gasteiger partial charge in [0.1, 0.15) is 5.78 Å². The largest absolute Gasteiger partial charge is 0.300 e. The molecule has 0 aromatic rings. The van der Waals surface area contributed by atoms with Crippen LogP contribution in [0.3, 0.4) is 0 Å². The molecule has 0 aliphatic rings. The summed E-state index contributed by atoms with van der Waals surface area (Å²) in [5, 5.41) is 0. The Morgan fingerprint density at radius 2 is 1.33 bits per heavy atom. The van der Waals surface area contributed by atoms with Crippen molar-refractivity contribution in [2.45, 2.75) is 64.7 Å². The molecule has 0 saturated heterocycles. The highest BCUT2D eigenvalue weighted by Gasteiger charge is 1.98. The fourth-order valence-electron chi connectivity index (χ4n) is 1.47. The highest BCUT2D eigenvalue weighted by Crippen LogP contribution is 2.10. The third-order valence-corrected chi connectivity index (χ3v) is 3.01. The van der Waals surface area contributed by atoms with Gasteiger partial charge < -0.3 is 0 Å². The van der Waals surface area contributed by atoms with Crippen LogP contribution >= 0.6 is 22.6 Å². The molecule has 0 aromatic carbocycles. The lowest BCUT2D eigenvalue weighted by Gasteiger charge is -2.00. The van der Waals surface area contributed by atoms with Crippen LogP contribution in [0.5, 0.6) is 0 Å². The van der Waals surface area contributed by atoms with Gasteiger partial charge in [-0.15, -0.1) is 0 Å². The van der Waals surface area contributed by atoms with E-state index in [2.05, 4.69) is 0 Å². The van der Waals surface area contributed by atoms with Crippen LogP contribution in [0.15, 0.2) is 0 Å². The normalized spacial score (nSPS) is 10.3. The number of carbonyl (C=O) groups is 2. The van der Waals surface area contributed by atoms with Gasteiger partial charge in [-0.1, -0.05) is 32.6 Å². The monoisotopic (exact) mass is 324 g/mol. The quantitative estimate of drug-likeness (QED) is 0.345. The Hall–Kier alpha value is 0.0700. The number of rotatable bonds is 10. The maximum absolute atomic E-state index is 11.0. The number of hydrogen-bond donors (Lipinski definition) is 0. The maximum Gasteiger partial charge on any atom is 0.192 e. The van der Waals surface area contributed by atoms with Crippen molar-refractivity contribution in [1.82, 2.24) is 0 Å². The summed E-state index contributed by atoms with van der Waals surface area (Å²) >= 11 is 1.85. The van der Waals surface area contributed by atoms with Crippen molar-refractivity contribution in [1.29, 1.82) is 0 Å². The first-order chi connectivity index (χ1) is 7.16. The van der Waals surface area contributed by atoms with Crippen molar-refractivity contribution in [3.05, 3.63) is 0 Å². The highest BCUT2D eigenvalue weighted by molar-refractivity contribution is 14.1. The van der Waals surface area contributed by atoms with E-state index < -0.39 is 0 Å². The lowest BCUT2D eigenvalue weighted by Crippen LogP contribution is -1.94. The van der Waals surface area contributed by atoms with Gasteiger partial charge in [0.05, 0.1) is 0 Å². The van der Waals surface area contributed by atoms with E-state index in [9.17, 15) is 9.59 Å². The second-order valence-electron chi connectivity index (χ2n) is 3.87. The number of carbonyl (C=O) groups excluding carboxylic acids is 2. The zero-order chi connectivity index (χ0) is 11.5. The van der Waals surface area contributed by atoms with Crippen LogP contribution in [-0.2, 0) is 9.59 Å². The van der Waals surface area contributed by atoms with Crippen LogP contribution in [0, 0.1) is 0 Å². The molecule has 88 valence electrons. The van der Waals surface area contributed by atoms with Crippen molar-refractivity contribution in [3.8, 4) is 0 Å². The Bertz CT molecular complexity index is 190. The van der Waals surface area contributed by atoms with E-state index in [4.69, 9.17) is 0 Å². The summed E-state index contributed by atoms with van der Waals surface area (Å²) in [7, 11) is 0. The summed E-state index contributed by atoms with van der Waals surface area (Å²) in [6.45, 7) is 1.92. The van der Waals surface area contributed by atoms with E-state index in [1.54, 1.807) is 0 Å². The highest BCUT2D eigenvalue weighted by atomic mass is 127. The summed E-state index contributed by atoms with van der Waals surface area (Å²) in [4.78, 5) is 21.6. The summed E-state index contributed by atoms with van der Waals surface area (Å²) in [5.74, 6) is 0.380. The molecule has 15 heavy (non-hydrogen) atoms. The molecular weight excluding hydrogens is 303 g/mol. The molecule has 0 aliphatic carbocycles. The minimum absolute atomic E-state index is 0.265. The van der Waals surface area contributed by atoms with Gasteiger partial charge in [0.15, 0.2) is 3.79 Å². The van der Waals surface area contributed by atoms with Gasteiger partial charge in [0, 0.05) is 19.3 Å². The number of Topliss-reactive ketones (excluding diaryl/α,β-unsaturated/α-hetero) is 1. The van der Waals surface area contributed by atoms with Gasteiger partial charge in [-0.05, 0) is 35.4 Å². The molecule has 0 aromatic heterocycles. The number of unbranched alkanes of at least 4 members (excludes halogenated alkanes) is 5. The average Bonchev–Trinajstić information content (AvgIpc) is 2.21. The summed E-state index contributed by atoms with van der Waals surface area (Å²) < 4.78 is 0.265. The molecule has 0 rings (SSSR count). The SMILES string of the molecule is CCC(=O)CCCCCCCCC(=O)I. The van der Waals surface area contributed by atoms with E-state index >= 15 is 0 Å².